The van der Waals surface area contributed by atoms with Crippen molar-refractivity contribution in [1.29, 1.82) is 0 Å². The van der Waals surface area contributed by atoms with Crippen LogP contribution in [0.3, 0.4) is 0 Å². The Kier molecular flexibility index (Phi) is 6.80. The van der Waals surface area contributed by atoms with Gasteiger partial charge in [0.05, 0.1) is 41.9 Å². The van der Waals surface area contributed by atoms with Gasteiger partial charge in [0.15, 0.2) is 6.73 Å². The summed E-state index contributed by atoms with van der Waals surface area (Å²) in [7, 11) is 0. The molecule has 0 saturated carbocycles. The molecular weight excluding hydrogens is 444 g/mol. The fraction of sp³-hybridized carbons (Fsp3) is 0.391. The molecule has 0 bridgehead atoms. The first-order valence-electron chi connectivity index (χ1n) is 10.7. The van der Waals surface area contributed by atoms with Gasteiger partial charge < -0.3 is 19.7 Å². The molecule has 9 nitrogen and oxygen atoms in total. The largest absolute Gasteiger partial charge is 0.473 e. The lowest BCUT2D eigenvalue weighted by Crippen LogP contribution is -2.40. The molecule has 1 saturated heterocycles. The summed E-state index contributed by atoms with van der Waals surface area (Å²) in [5.41, 5.74) is 1.88. The van der Waals surface area contributed by atoms with Crippen LogP contribution in [0.2, 0.25) is 5.02 Å². The van der Waals surface area contributed by atoms with Gasteiger partial charge >= 0.3 is 0 Å². The summed E-state index contributed by atoms with van der Waals surface area (Å²) >= 11 is 6.32. The van der Waals surface area contributed by atoms with Gasteiger partial charge in [0.25, 0.3) is 5.91 Å². The van der Waals surface area contributed by atoms with Gasteiger partial charge in [-0.05, 0) is 45.0 Å². The summed E-state index contributed by atoms with van der Waals surface area (Å²) in [6.07, 6.45) is 5.19. The van der Waals surface area contributed by atoms with Gasteiger partial charge in [0.1, 0.15) is 5.75 Å². The summed E-state index contributed by atoms with van der Waals surface area (Å²) in [6, 6.07) is 7.06. The number of aromatic nitrogens is 4. The predicted octanol–water partition coefficient (Wildman–Crippen LogP) is 3.67. The third-order valence-corrected chi connectivity index (χ3v) is 5.43. The molecule has 174 valence electrons. The van der Waals surface area contributed by atoms with Crippen LogP contribution < -0.4 is 10.1 Å². The number of ether oxygens (including phenoxy) is 2. The first-order valence-corrected chi connectivity index (χ1v) is 11.1. The molecule has 1 aliphatic heterocycles. The molecule has 0 aliphatic carbocycles. The molecule has 0 spiro atoms. The molecule has 1 aromatic carbocycles. The summed E-state index contributed by atoms with van der Waals surface area (Å²) in [4.78, 5) is 23.0. The monoisotopic (exact) mass is 470 g/mol. The number of carbonyl (C=O) groups is 1. The van der Waals surface area contributed by atoms with E-state index in [9.17, 15) is 4.79 Å². The molecule has 1 fully saturated rings. The van der Waals surface area contributed by atoms with E-state index in [-0.39, 0.29) is 18.2 Å². The Labute approximate surface area is 197 Å². The smallest absolute Gasteiger partial charge is 0.254 e. The molecule has 33 heavy (non-hydrogen) atoms. The Hall–Kier alpha value is -3.17. The highest BCUT2D eigenvalue weighted by atomic mass is 35.5. The van der Waals surface area contributed by atoms with Gasteiger partial charge in [-0.3, -0.25) is 9.48 Å². The molecule has 1 N–H and O–H groups in total. The third-order valence-electron chi connectivity index (χ3n) is 5.16. The maximum Gasteiger partial charge on any atom is 0.254 e. The Morgan fingerprint density at radius 3 is 2.58 bits per heavy atom. The van der Waals surface area contributed by atoms with Crippen molar-refractivity contribution in [3.8, 4) is 17.0 Å². The van der Waals surface area contributed by atoms with Gasteiger partial charge in [0.2, 0.25) is 5.95 Å². The van der Waals surface area contributed by atoms with E-state index >= 15 is 0 Å². The summed E-state index contributed by atoms with van der Waals surface area (Å²) in [5, 5.41) is 7.88. The molecule has 0 radical (unpaired) electrons. The van der Waals surface area contributed by atoms with E-state index in [1.54, 1.807) is 41.6 Å². The number of anilines is 1. The Morgan fingerprint density at radius 2 is 1.91 bits per heavy atom. The lowest BCUT2D eigenvalue weighted by molar-refractivity contribution is 0.0303. The maximum atomic E-state index is 12.5. The van der Waals surface area contributed by atoms with Gasteiger partial charge in [-0.2, -0.15) is 5.10 Å². The fourth-order valence-corrected chi connectivity index (χ4v) is 3.49. The molecular formula is C23H27ClN6O3. The highest BCUT2D eigenvalue weighted by Crippen LogP contribution is 2.27. The van der Waals surface area contributed by atoms with Crippen molar-refractivity contribution in [2.24, 2.45) is 0 Å². The quantitative estimate of drug-likeness (QED) is 0.549. The molecule has 2 aromatic heterocycles. The van der Waals surface area contributed by atoms with E-state index in [1.807, 2.05) is 10.9 Å². The highest BCUT2D eigenvalue weighted by Gasteiger charge is 2.19. The number of nitrogens with one attached hydrogen (secondary N) is 1. The summed E-state index contributed by atoms with van der Waals surface area (Å²) in [5.74, 6) is 1.01. The summed E-state index contributed by atoms with van der Waals surface area (Å²) in [6.45, 7) is 8.74. The van der Waals surface area contributed by atoms with E-state index in [2.05, 4.69) is 41.2 Å². The highest BCUT2D eigenvalue weighted by molar-refractivity contribution is 6.32. The van der Waals surface area contributed by atoms with Crippen LogP contribution in [0.1, 0.15) is 31.1 Å². The van der Waals surface area contributed by atoms with Crippen molar-refractivity contribution < 1.29 is 14.3 Å². The fourth-order valence-electron chi connectivity index (χ4n) is 3.29. The van der Waals surface area contributed by atoms with Crippen molar-refractivity contribution in [1.82, 2.24) is 24.6 Å². The van der Waals surface area contributed by atoms with Gasteiger partial charge in [-0.15, -0.1) is 0 Å². The number of rotatable bonds is 6. The number of benzene rings is 1. The van der Waals surface area contributed by atoms with Crippen molar-refractivity contribution in [3.63, 3.8) is 0 Å². The maximum absolute atomic E-state index is 12.5. The Morgan fingerprint density at radius 1 is 1.18 bits per heavy atom. The SMILES string of the molecule is CC(C)(C)n1cc(-c2nc(NCOc3ccc(C(=O)N4CCOCC4)cc3)ncc2Cl)cn1. The van der Waals surface area contributed by atoms with Crippen molar-refractivity contribution in [2.45, 2.75) is 26.3 Å². The number of hydrogen-bond donors (Lipinski definition) is 1. The van der Waals surface area contributed by atoms with E-state index in [0.29, 0.717) is 54.3 Å². The second-order valence-electron chi connectivity index (χ2n) is 8.63. The average molecular weight is 471 g/mol. The number of morpholine rings is 1. The molecule has 10 heteroatoms. The van der Waals surface area contributed by atoms with Crippen LogP contribution in [-0.4, -0.2) is 63.6 Å². The standard InChI is InChI=1S/C23H27ClN6O3/c1-23(2,3)30-14-17(12-27-30)20-19(24)13-25-22(28-20)26-15-33-18-6-4-16(5-7-18)21(31)29-8-10-32-11-9-29/h4-7,12-14H,8-11,15H2,1-3H3,(H,25,26,28). The van der Waals surface area contributed by atoms with Crippen LogP contribution in [0.15, 0.2) is 42.9 Å². The summed E-state index contributed by atoms with van der Waals surface area (Å²) < 4.78 is 12.9. The van der Waals surface area contributed by atoms with Crippen molar-refractivity contribution in [2.75, 3.05) is 38.4 Å². The number of carbonyl (C=O) groups excluding carboxylic acids is 1. The number of halogens is 1. The second kappa shape index (κ2) is 9.76. The molecule has 1 amide bonds. The topological polar surface area (TPSA) is 94.4 Å². The first kappa shape index (κ1) is 23.0. The van der Waals surface area contributed by atoms with Gasteiger partial charge in [0, 0.05) is 30.4 Å². The van der Waals surface area contributed by atoms with E-state index in [1.165, 1.54) is 0 Å². The van der Waals surface area contributed by atoms with E-state index in [0.717, 1.165) is 5.56 Å². The predicted molar refractivity (Wildman–Crippen MR) is 126 cm³/mol. The zero-order valence-corrected chi connectivity index (χ0v) is 19.7. The molecule has 1 aliphatic rings. The first-order chi connectivity index (χ1) is 15.8. The number of hydrogen-bond acceptors (Lipinski definition) is 7. The minimum absolute atomic E-state index is 0.000137. The van der Waals surface area contributed by atoms with Gasteiger partial charge in [-0.25, -0.2) is 9.97 Å². The van der Waals surface area contributed by atoms with Crippen LogP contribution in [0.4, 0.5) is 5.95 Å². The zero-order chi connectivity index (χ0) is 23.4. The minimum atomic E-state index is -0.144. The Balaban J connectivity index is 1.35. The average Bonchev–Trinajstić information content (AvgIpc) is 3.32. The van der Waals surface area contributed by atoms with Crippen molar-refractivity contribution >= 4 is 23.5 Å². The number of nitrogens with zero attached hydrogens (tertiary/aromatic N) is 5. The van der Waals surface area contributed by atoms with Crippen LogP contribution in [0.25, 0.3) is 11.3 Å². The molecule has 0 unspecified atom stereocenters. The molecule has 3 heterocycles. The van der Waals surface area contributed by atoms with Crippen LogP contribution in [0.5, 0.6) is 5.75 Å². The van der Waals surface area contributed by atoms with Crippen LogP contribution in [-0.2, 0) is 10.3 Å². The van der Waals surface area contributed by atoms with E-state index in [4.69, 9.17) is 21.1 Å². The third kappa shape index (κ3) is 5.61. The number of amides is 1. The van der Waals surface area contributed by atoms with Gasteiger partial charge in [-0.1, -0.05) is 11.6 Å². The lowest BCUT2D eigenvalue weighted by Gasteiger charge is -2.26. The lowest BCUT2D eigenvalue weighted by atomic mass is 10.1. The zero-order valence-electron chi connectivity index (χ0n) is 18.9. The second-order valence-corrected chi connectivity index (χ2v) is 9.04. The molecule has 0 atom stereocenters. The minimum Gasteiger partial charge on any atom is -0.473 e. The van der Waals surface area contributed by atoms with Crippen LogP contribution in [0, 0.1) is 0 Å². The van der Waals surface area contributed by atoms with Crippen molar-refractivity contribution in [3.05, 3.63) is 53.4 Å². The van der Waals surface area contributed by atoms with Crippen LogP contribution >= 0.6 is 11.6 Å². The normalized spacial score (nSPS) is 14.2. The Bertz CT molecular complexity index is 1100. The molecule has 3 aromatic rings. The van der Waals surface area contributed by atoms with E-state index < -0.39 is 0 Å². The molecule has 4 rings (SSSR count).